The zero-order chi connectivity index (χ0) is 8.27. The van der Waals surface area contributed by atoms with Crippen LogP contribution < -0.4 is 0 Å². The predicted octanol–water partition coefficient (Wildman–Crippen LogP) is 1.93. The van der Waals surface area contributed by atoms with Crippen LogP contribution in [0.4, 0.5) is 4.79 Å². The molecule has 3 nitrogen and oxygen atoms in total. The Morgan fingerprint density at radius 2 is 2.09 bits per heavy atom. The molecule has 0 radical (unpaired) electrons. The van der Waals surface area contributed by atoms with Gasteiger partial charge in [-0.05, 0) is 19.3 Å². The van der Waals surface area contributed by atoms with E-state index in [1.54, 1.807) is 7.11 Å². The number of carbonyl (C=O) groups is 1. The Morgan fingerprint density at radius 3 is 2.64 bits per heavy atom. The van der Waals surface area contributed by atoms with E-state index in [-0.39, 0.29) is 12.2 Å². The highest BCUT2D eigenvalue weighted by atomic mass is 35.5. The third-order valence-electron chi connectivity index (χ3n) is 1.94. The molecule has 0 aromatic rings. The van der Waals surface area contributed by atoms with E-state index >= 15 is 0 Å². The van der Waals surface area contributed by atoms with E-state index in [1.165, 1.54) is 0 Å². The molecule has 1 aliphatic rings. The molecule has 64 valence electrons. The van der Waals surface area contributed by atoms with Gasteiger partial charge in [-0.15, -0.1) is 0 Å². The molecule has 2 unspecified atom stereocenters. The second-order valence-electron chi connectivity index (χ2n) is 2.60. The van der Waals surface area contributed by atoms with Crippen LogP contribution in [0.15, 0.2) is 0 Å². The Morgan fingerprint density at radius 1 is 1.45 bits per heavy atom. The summed E-state index contributed by atoms with van der Waals surface area (Å²) in [5, 5.41) is 0. The van der Waals surface area contributed by atoms with Crippen molar-refractivity contribution in [3.8, 4) is 0 Å². The first-order chi connectivity index (χ1) is 5.24. The lowest BCUT2D eigenvalue weighted by atomic mass is 10.3. The Bertz CT molecular complexity index is 149. The number of halogens is 1. The molecule has 1 saturated carbocycles. The van der Waals surface area contributed by atoms with Crippen LogP contribution in [0.2, 0.25) is 0 Å². The molecule has 0 aromatic heterocycles. The lowest BCUT2D eigenvalue weighted by Gasteiger charge is -2.16. The third kappa shape index (κ3) is 2.34. The van der Waals surface area contributed by atoms with Gasteiger partial charge < -0.3 is 9.47 Å². The van der Waals surface area contributed by atoms with Gasteiger partial charge in [0, 0.05) is 18.7 Å². The van der Waals surface area contributed by atoms with Gasteiger partial charge >= 0.3 is 5.43 Å². The van der Waals surface area contributed by atoms with Crippen molar-refractivity contribution in [2.24, 2.45) is 0 Å². The summed E-state index contributed by atoms with van der Waals surface area (Å²) in [5.74, 6) is 0. The fourth-order valence-corrected chi connectivity index (χ4v) is 1.53. The zero-order valence-electron chi connectivity index (χ0n) is 6.38. The van der Waals surface area contributed by atoms with Crippen LogP contribution in [0, 0.1) is 0 Å². The Hall–Kier alpha value is -0.280. The topological polar surface area (TPSA) is 35.5 Å². The van der Waals surface area contributed by atoms with Crippen molar-refractivity contribution < 1.29 is 14.3 Å². The number of carbonyl (C=O) groups excluding carboxylic acids is 1. The minimum Gasteiger partial charge on any atom is -0.448 e. The van der Waals surface area contributed by atoms with Crippen molar-refractivity contribution in [3.63, 3.8) is 0 Å². The van der Waals surface area contributed by atoms with E-state index in [4.69, 9.17) is 21.1 Å². The van der Waals surface area contributed by atoms with Gasteiger partial charge in [0.25, 0.3) is 0 Å². The van der Waals surface area contributed by atoms with Gasteiger partial charge in [0.15, 0.2) is 0 Å². The van der Waals surface area contributed by atoms with Gasteiger partial charge in [0.2, 0.25) is 0 Å². The molecular formula is C7H11ClO3. The Kier molecular flexibility index (Phi) is 3.15. The summed E-state index contributed by atoms with van der Waals surface area (Å²) in [4.78, 5) is 10.3. The number of methoxy groups -OCH3 is 1. The summed E-state index contributed by atoms with van der Waals surface area (Å²) in [6.07, 6.45) is 2.75. The fraction of sp³-hybridized carbons (Fsp3) is 0.857. The fourth-order valence-electron chi connectivity index (χ4n) is 1.42. The minimum absolute atomic E-state index is 0.0395. The normalized spacial score (nSPS) is 30.4. The highest BCUT2D eigenvalue weighted by molar-refractivity contribution is 6.61. The van der Waals surface area contributed by atoms with Crippen LogP contribution in [0.1, 0.15) is 19.3 Å². The monoisotopic (exact) mass is 178 g/mol. The van der Waals surface area contributed by atoms with Gasteiger partial charge in [-0.2, -0.15) is 0 Å². The molecule has 0 saturated heterocycles. The van der Waals surface area contributed by atoms with Crippen LogP contribution in [-0.4, -0.2) is 24.7 Å². The number of hydrogen-bond donors (Lipinski definition) is 0. The van der Waals surface area contributed by atoms with E-state index in [0.717, 1.165) is 19.3 Å². The number of hydrogen-bond acceptors (Lipinski definition) is 3. The second-order valence-corrected chi connectivity index (χ2v) is 2.91. The number of rotatable bonds is 2. The van der Waals surface area contributed by atoms with Crippen molar-refractivity contribution in [2.75, 3.05) is 7.11 Å². The van der Waals surface area contributed by atoms with Crippen LogP contribution >= 0.6 is 11.6 Å². The number of ether oxygens (including phenoxy) is 2. The molecule has 0 heterocycles. The molecule has 11 heavy (non-hydrogen) atoms. The summed E-state index contributed by atoms with van der Waals surface area (Å²) in [6, 6.07) is 0. The Balaban J connectivity index is 2.37. The SMILES string of the molecule is COC1CCCC1OC(=O)Cl. The molecule has 0 aromatic carbocycles. The van der Waals surface area contributed by atoms with Crippen LogP contribution in [0.5, 0.6) is 0 Å². The molecule has 4 heteroatoms. The van der Waals surface area contributed by atoms with Crippen LogP contribution in [0.25, 0.3) is 0 Å². The molecule has 0 bridgehead atoms. The van der Waals surface area contributed by atoms with Crippen molar-refractivity contribution in [2.45, 2.75) is 31.5 Å². The molecule has 0 N–H and O–H groups in total. The Labute approximate surface area is 70.6 Å². The first-order valence-electron chi connectivity index (χ1n) is 3.63. The molecular weight excluding hydrogens is 168 g/mol. The average molecular weight is 179 g/mol. The first kappa shape index (κ1) is 8.81. The quantitative estimate of drug-likeness (QED) is 0.607. The average Bonchev–Trinajstić information content (AvgIpc) is 2.34. The van der Waals surface area contributed by atoms with Crippen molar-refractivity contribution in [1.29, 1.82) is 0 Å². The summed E-state index contributed by atoms with van der Waals surface area (Å²) in [7, 11) is 1.62. The highest BCUT2D eigenvalue weighted by Crippen LogP contribution is 2.24. The molecule has 0 spiro atoms. The predicted molar refractivity (Wildman–Crippen MR) is 40.8 cm³/mol. The van der Waals surface area contributed by atoms with E-state index in [2.05, 4.69) is 0 Å². The standard InChI is InChI=1S/C7H11ClO3/c1-10-5-3-2-4-6(5)11-7(8)9/h5-6H,2-4H2,1H3. The summed E-state index contributed by atoms with van der Waals surface area (Å²) in [5.41, 5.74) is -0.737. The summed E-state index contributed by atoms with van der Waals surface area (Å²) < 4.78 is 9.90. The maximum Gasteiger partial charge on any atom is 0.404 e. The highest BCUT2D eigenvalue weighted by Gasteiger charge is 2.29. The lowest BCUT2D eigenvalue weighted by molar-refractivity contribution is 0.00495. The summed E-state index contributed by atoms with van der Waals surface area (Å²) >= 11 is 5.06. The molecule has 1 fully saturated rings. The van der Waals surface area contributed by atoms with E-state index < -0.39 is 5.43 Å². The molecule has 2 atom stereocenters. The van der Waals surface area contributed by atoms with Crippen LogP contribution in [0.3, 0.4) is 0 Å². The third-order valence-corrected chi connectivity index (χ3v) is 2.03. The summed E-state index contributed by atoms with van der Waals surface area (Å²) in [6.45, 7) is 0. The maximum atomic E-state index is 10.3. The largest absolute Gasteiger partial charge is 0.448 e. The minimum atomic E-state index is -0.737. The molecule has 1 rings (SSSR count). The second kappa shape index (κ2) is 3.93. The van der Waals surface area contributed by atoms with E-state index in [0.29, 0.717) is 0 Å². The van der Waals surface area contributed by atoms with E-state index in [1.807, 2.05) is 0 Å². The molecule has 1 aliphatic carbocycles. The van der Waals surface area contributed by atoms with Crippen molar-refractivity contribution in [1.82, 2.24) is 0 Å². The lowest BCUT2D eigenvalue weighted by Crippen LogP contribution is -2.25. The maximum absolute atomic E-state index is 10.3. The van der Waals surface area contributed by atoms with Crippen molar-refractivity contribution >= 4 is 17.0 Å². The van der Waals surface area contributed by atoms with Crippen LogP contribution in [-0.2, 0) is 9.47 Å². The van der Waals surface area contributed by atoms with Crippen molar-refractivity contribution in [3.05, 3.63) is 0 Å². The van der Waals surface area contributed by atoms with Gasteiger partial charge in [-0.1, -0.05) is 0 Å². The van der Waals surface area contributed by atoms with Gasteiger partial charge in [-0.25, -0.2) is 4.79 Å². The van der Waals surface area contributed by atoms with Gasteiger partial charge in [0.05, 0.1) is 6.10 Å². The van der Waals surface area contributed by atoms with E-state index in [9.17, 15) is 4.79 Å². The molecule has 0 aliphatic heterocycles. The zero-order valence-corrected chi connectivity index (χ0v) is 7.13. The van der Waals surface area contributed by atoms with Gasteiger partial charge in [0.1, 0.15) is 6.10 Å². The first-order valence-corrected chi connectivity index (χ1v) is 4.00. The van der Waals surface area contributed by atoms with Gasteiger partial charge in [-0.3, -0.25) is 0 Å². The molecule has 0 amide bonds. The smallest absolute Gasteiger partial charge is 0.404 e.